The van der Waals surface area contributed by atoms with Crippen molar-refractivity contribution in [1.29, 1.82) is 0 Å². The van der Waals surface area contributed by atoms with E-state index < -0.39 is 11.9 Å². The lowest BCUT2D eigenvalue weighted by atomic mass is 9.84. The second-order valence-electron chi connectivity index (χ2n) is 4.41. The molecule has 0 bridgehead atoms. The average molecular weight is 332 g/mol. The first-order chi connectivity index (χ1) is 8.59. The normalized spacial score (nSPS) is 23.6. The number of amides is 1. The van der Waals surface area contributed by atoms with Crippen LogP contribution in [0.2, 0.25) is 0 Å². The molecule has 1 aliphatic rings. The van der Waals surface area contributed by atoms with E-state index in [4.69, 9.17) is 5.11 Å². The Hall–Kier alpha value is -0.880. The van der Waals surface area contributed by atoms with Crippen LogP contribution in [0.4, 0.5) is 0 Å². The number of aliphatic carboxylic acids is 1. The van der Waals surface area contributed by atoms with E-state index in [9.17, 15) is 9.59 Å². The van der Waals surface area contributed by atoms with Crippen molar-refractivity contribution in [2.24, 2.45) is 5.92 Å². The van der Waals surface area contributed by atoms with Crippen LogP contribution in [-0.4, -0.2) is 23.0 Å². The molecule has 0 aliphatic heterocycles. The van der Waals surface area contributed by atoms with Gasteiger partial charge < -0.3 is 10.4 Å². The zero-order valence-electron chi connectivity index (χ0n) is 9.69. The molecular weight excluding hydrogens is 318 g/mol. The molecule has 6 heteroatoms. The molecule has 2 unspecified atom stereocenters. The van der Waals surface area contributed by atoms with E-state index in [1.807, 2.05) is 11.4 Å². The van der Waals surface area contributed by atoms with Crippen molar-refractivity contribution in [3.63, 3.8) is 0 Å². The zero-order valence-corrected chi connectivity index (χ0v) is 12.1. The number of halogens is 1. The summed E-state index contributed by atoms with van der Waals surface area (Å²) in [4.78, 5) is 23.8. The van der Waals surface area contributed by atoms with Gasteiger partial charge in [-0.05, 0) is 40.2 Å². The van der Waals surface area contributed by atoms with Crippen molar-refractivity contribution >= 4 is 39.1 Å². The Balaban J connectivity index is 2.05. The highest BCUT2D eigenvalue weighted by Gasteiger charge is 2.32. The van der Waals surface area contributed by atoms with Gasteiger partial charge in [0.1, 0.15) is 4.88 Å². The molecule has 2 rings (SSSR count). The number of hydrogen-bond donors (Lipinski definition) is 2. The van der Waals surface area contributed by atoms with Crippen LogP contribution in [0.15, 0.2) is 15.9 Å². The van der Waals surface area contributed by atoms with Gasteiger partial charge in [-0.25, -0.2) is 0 Å². The van der Waals surface area contributed by atoms with Gasteiger partial charge >= 0.3 is 5.97 Å². The maximum absolute atomic E-state index is 12.0. The van der Waals surface area contributed by atoms with Gasteiger partial charge in [0.05, 0.1) is 5.92 Å². The first-order valence-electron chi connectivity index (χ1n) is 5.86. The van der Waals surface area contributed by atoms with Crippen LogP contribution >= 0.6 is 27.3 Å². The lowest BCUT2D eigenvalue weighted by Gasteiger charge is -2.29. The fourth-order valence-electron chi connectivity index (χ4n) is 2.29. The van der Waals surface area contributed by atoms with Crippen LogP contribution in [0.1, 0.15) is 35.4 Å². The Labute approximate surface area is 118 Å². The number of nitrogens with one attached hydrogen (secondary N) is 1. The first-order valence-corrected chi connectivity index (χ1v) is 7.53. The molecule has 1 aromatic rings. The van der Waals surface area contributed by atoms with Crippen molar-refractivity contribution in [2.45, 2.75) is 31.7 Å². The van der Waals surface area contributed by atoms with Crippen LogP contribution in [0.25, 0.3) is 0 Å². The summed E-state index contributed by atoms with van der Waals surface area (Å²) in [7, 11) is 0. The first kappa shape index (κ1) is 13.5. The summed E-state index contributed by atoms with van der Waals surface area (Å²) in [6.07, 6.45) is 3.28. The lowest BCUT2D eigenvalue weighted by Crippen LogP contribution is -2.44. The monoisotopic (exact) mass is 331 g/mol. The summed E-state index contributed by atoms with van der Waals surface area (Å²) in [6.45, 7) is 0. The van der Waals surface area contributed by atoms with Gasteiger partial charge in [0.2, 0.25) is 0 Å². The van der Waals surface area contributed by atoms with Gasteiger partial charge in [-0.1, -0.05) is 12.8 Å². The largest absolute Gasteiger partial charge is 0.481 e. The van der Waals surface area contributed by atoms with E-state index >= 15 is 0 Å². The van der Waals surface area contributed by atoms with Crippen LogP contribution in [0.3, 0.4) is 0 Å². The highest BCUT2D eigenvalue weighted by molar-refractivity contribution is 9.10. The number of carbonyl (C=O) groups excluding carboxylic acids is 1. The Morgan fingerprint density at radius 1 is 1.39 bits per heavy atom. The Bertz CT molecular complexity index is 460. The maximum atomic E-state index is 12.0. The van der Waals surface area contributed by atoms with Gasteiger partial charge in [-0.3, -0.25) is 9.59 Å². The zero-order chi connectivity index (χ0) is 13.1. The van der Waals surface area contributed by atoms with Crippen molar-refractivity contribution < 1.29 is 14.7 Å². The molecule has 98 valence electrons. The summed E-state index contributed by atoms with van der Waals surface area (Å²) in [5, 5.41) is 13.8. The van der Waals surface area contributed by atoms with Gasteiger partial charge in [0, 0.05) is 10.5 Å². The molecule has 1 aromatic heterocycles. The molecule has 18 heavy (non-hydrogen) atoms. The van der Waals surface area contributed by atoms with Crippen LogP contribution in [-0.2, 0) is 4.79 Å². The van der Waals surface area contributed by atoms with Gasteiger partial charge in [-0.15, -0.1) is 11.3 Å². The van der Waals surface area contributed by atoms with Crippen molar-refractivity contribution in [1.82, 2.24) is 5.32 Å². The lowest BCUT2D eigenvalue weighted by molar-refractivity contribution is -0.143. The summed E-state index contributed by atoms with van der Waals surface area (Å²) >= 11 is 4.66. The van der Waals surface area contributed by atoms with Gasteiger partial charge in [0.15, 0.2) is 0 Å². The second kappa shape index (κ2) is 5.84. The fourth-order valence-corrected chi connectivity index (χ4v) is 3.74. The van der Waals surface area contributed by atoms with Crippen molar-refractivity contribution in [3.05, 3.63) is 20.8 Å². The molecule has 0 aromatic carbocycles. The smallest absolute Gasteiger partial charge is 0.308 e. The number of carboxylic acids is 1. The van der Waals surface area contributed by atoms with E-state index in [2.05, 4.69) is 21.2 Å². The van der Waals surface area contributed by atoms with E-state index in [1.54, 1.807) is 0 Å². The minimum atomic E-state index is -0.815. The van der Waals surface area contributed by atoms with E-state index in [0.717, 1.165) is 23.7 Å². The van der Waals surface area contributed by atoms with Gasteiger partial charge in [0.25, 0.3) is 5.91 Å². The summed E-state index contributed by atoms with van der Waals surface area (Å²) in [6, 6.07) is 1.56. The van der Waals surface area contributed by atoms with E-state index in [0.29, 0.717) is 11.3 Å². The SMILES string of the molecule is O=C(NC1CCCCC1C(=O)O)c1sccc1Br. The van der Waals surface area contributed by atoms with Gasteiger partial charge in [-0.2, -0.15) is 0 Å². The van der Waals surface area contributed by atoms with Crippen LogP contribution < -0.4 is 5.32 Å². The number of thiophene rings is 1. The molecule has 1 aliphatic carbocycles. The highest BCUT2D eigenvalue weighted by Crippen LogP contribution is 2.27. The van der Waals surface area contributed by atoms with E-state index in [-0.39, 0.29) is 11.9 Å². The predicted molar refractivity (Wildman–Crippen MR) is 72.9 cm³/mol. The minimum absolute atomic E-state index is 0.185. The van der Waals surface area contributed by atoms with Crippen molar-refractivity contribution in [3.8, 4) is 0 Å². The summed E-state index contributed by atoms with van der Waals surface area (Å²) in [5.41, 5.74) is 0. The Kier molecular flexibility index (Phi) is 4.40. The molecule has 1 saturated carbocycles. The number of carbonyl (C=O) groups is 2. The Morgan fingerprint density at radius 3 is 2.72 bits per heavy atom. The van der Waals surface area contributed by atoms with E-state index in [1.165, 1.54) is 11.3 Å². The third-order valence-electron chi connectivity index (χ3n) is 3.22. The molecule has 4 nitrogen and oxygen atoms in total. The predicted octanol–water partition coefficient (Wildman–Crippen LogP) is 2.88. The fraction of sp³-hybridized carbons (Fsp3) is 0.500. The quantitative estimate of drug-likeness (QED) is 0.894. The molecular formula is C12H14BrNO3S. The topological polar surface area (TPSA) is 66.4 Å². The third-order valence-corrected chi connectivity index (χ3v) is 5.06. The molecule has 0 saturated heterocycles. The standard InChI is InChI=1S/C12H14BrNO3S/c13-8-5-6-18-10(8)11(15)14-9-4-2-1-3-7(9)12(16)17/h5-7,9H,1-4H2,(H,14,15)(H,16,17). The number of rotatable bonds is 3. The molecule has 0 spiro atoms. The van der Waals surface area contributed by atoms with Crippen LogP contribution in [0.5, 0.6) is 0 Å². The maximum Gasteiger partial charge on any atom is 0.308 e. The highest BCUT2D eigenvalue weighted by atomic mass is 79.9. The Morgan fingerprint density at radius 2 is 2.11 bits per heavy atom. The number of carboxylic acid groups (broad SMARTS) is 1. The average Bonchev–Trinajstić information content (AvgIpc) is 2.76. The minimum Gasteiger partial charge on any atom is -0.481 e. The number of hydrogen-bond acceptors (Lipinski definition) is 3. The third kappa shape index (κ3) is 2.92. The molecule has 1 fully saturated rings. The second-order valence-corrected chi connectivity index (χ2v) is 6.18. The summed E-state index contributed by atoms with van der Waals surface area (Å²) in [5.74, 6) is -1.46. The molecule has 0 radical (unpaired) electrons. The molecule has 2 atom stereocenters. The molecule has 1 heterocycles. The summed E-state index contributed by atoms with van der Waals surface area (Å²) < 4.78 is 0.757. The van der Waals surface area contributed by atoms with Crippen LogP contribution in [0, 0.1) is 5.92 Å². The molecule has 2 N–H and O–H groups in total. The van der Waals surface area contributed by atoms with Crippen molar-refractivity contribution in [2.75, 3.05) is 0 Å². The molecule has 1 amide bonds.